The maximum atomic E-state index is 12.6. The van der Waals surface area contributed by atoms with E-state index < -0.39 is 0 Å². The summed E-state index contributed by atoms with van der Waals surface area (Å²) in [5.41, 5.74) is 3.09. The molecule has 6 heteroatoms. The van der Waals surface area contributed by atoms with E-state index in [9.17, 15) is 4.79 Å². The molecular formula is C17H16N2O3S. The van der Waals surface area contributed by atoms with Gasteiger partial charge in [-0.2, -0.15) is 0 Å². The lowest BCUT2D eigenvalue weighted by molar-refractivity contribution is 0.0935. The number of hydrogen-bond acceptors (Lipinski definition) is 5. The molecule has 0 radical (unpaired) electrons. The molecule has 2 aromatic rings. The Balaban J connectivity index is 1.51. The van der Waals surface area contributed by atoms with E-state index in [0.29, 0.717) is 0 Å². The van der Waals surface area contributed by atoms with Crippen LogP contribution in [-0.4, -0.2) is 12.7 Å². The molecule has 118 valence electrons. The Morgan fingerprint density at radius 3 is 2.91 bits per heavy atom. The Morgan fingerprint density at radius 2 is 1.96 bits per heavy atom. The van der Waals surface area contributed by atoms with Crippen molar-refractivity contribution in [3.8, 4) is 11.5 Å². The molecule has 0 spiro atoms. The quantitative estimate of drug-likeness (QED) is 0.844. The van der Waals surface area contributed by atoms with Crippen LogP contribution in [0.1, 0.15) is 45.4 Å². The molecule has 1 unspecified atom stereocenters. The van der Waals surface area contributed by atoms with Gasteiger partial charge in [-0.05, 0) is 48.9 Å². The minimum absolute atomic E-state index is 0.0285. The summed E-state index contributed by atoms with van der Waals surface area (Å²) in [6.45, 7) is 0.255. The summed E-state index contributed by atoms with van der Waals surface area (Å²) in [6, 6.07) is 5.78. The van der Waals surface area contributed by atoms with E-state index in [4.69, 9.17) is 9.47 Å². The zero-order valence-corrected chi connectivity index (χ0v) is 13.3. The van der Waals surface area contributed by atoms with Crippen LogP contribution in [0.2, 0.25) is 0 Å². The average Bonchev–Trinajstić information content (AvgIpc) is 3.17. The van der Waals surface area contributed by atoms with E-state index in [0.717, 1.165) is 40.5 Å². The van der Waals surface area contributed by atoms with Gasteiger partial charge < -0.3 is 20.1 Å². The number of amides is 1. The molecule has 0 bridgehead atoms. The molecule has 2 aliphatic heterocycles. The fourth-order valence-electron chi connectivity index (χ4n) is 3.54. The normalized spacial score (nSPS) is 21.2. The summed E-state index contributed by atoms with van der Waals surface area (Å²) in [5.74, 6) is 1.51. The van der Waals surface area contributed by atoms with Gasteiger partial charge in [0.25, 0.3) is 5.91 Å². The monoisotopic (exact) mass is 328 g/mol. The molecule has 0 saturated heterocycles. The van der Waals surface area contributed by atoms with Crippen LogP contribution in [0.5, 0.6) is 11.5 Å². The average molecular weight is 328 g/mol. The molecule has 5 rings (SSSR count). The first-order valence-corrected chi connectivity index (χ1v) is 8.73. The Bertz CT molecular complexity index is 814. The second-order valence-electron chi connectivity index (χ2n) is 6.08. The van der Waals surface area contributed by atoms with Gasteiger partial charge in [0.15, 0.2) is 11.5 Å². The standard InChI is InChI=1S/C17H16N2O3S/c20-16-14-10-3-1-2-4-13(10)23-17(14)19-15(18-16)9-5-6-11-12(7-9)22-8-21-11/h5-7,15,19H,1-4,8H2,(H,18,20). The number of rotatable bonds is 1. The predicted molar refractivity (Wildman–Crippen MR) is 87.4 cm³/mol. The fourth-order valence-corrected chi connectivity index (χ4v) is 4.85. The molecule has 1 atom stereocenters. The van der Waals surface area contributed by atoms with Crippen molar-refractivity contribution in [2.24, 2.45) is 0 Å². The highest BCUT2D eigenvalue weighted by Gasteiger charge is 2.32. The Morgan fingerprint density at radius 1 is 1.09 bits per heavy atom. The topological polar surface area (TPSA) is 59.6 Å². The Hall–Kier alpha value is -2.21. The van der Waals surface area contributed by atoms with Crippen molar-refractivity contribution in [2.75, 3.05) is 12.1 Å². The lowest BCUT2D eigenvalue weighted by Gasteiger charge is -2.27. The molecule has 0 saturated carbocycles. The number of thiophene rings is 1. The number of ether oxygens (including phenoxy) is 2. The molecule has 1 amide bonds. The van der Waals surface area contributed by atoms with Gasteiger partial charge in [0.1, 0.15) is 11.2 Å². The third-order valence-electron chi connectivity index (χ3n) is 4.68. The third kappa shape index (κ3) is 2.01. The van der Waals surface area contributed by atoms with E-state index in [1.54, 1.807) is 11.3 Å². The summed E-state index contributed by atoms with van der Waals surface area (Å²) in [6.07, 6.45) is 4.28. The van der Waals surface area contributed by atoms with Crippen molar-refractivity contribution >= 4 is 22.2 Å². The van der Waals surface area contributed by atoms with Gasteiger partial charge in [-0.15, -0.1) is 11.3 Å². The number of anilines is 1. The van der Waals surface area contributed by atoms with Crippen LogP contribution in [0, 0.1) is 0 Å². The molecule has 0 fully saturated rings. The molecule has 5 nitrogen and oxygen atoms in total. The van der Waals surface area contributed by atoms with Crippen molar-refractivity contribution in [1.82, 2.24) is 5.32 Å². The number of fused-ring (bicyclic) bond motifs is 4. The number of nitrogens with one attached hydrogen (secondary N) is 2. The van der Waals surface area contributed by atoms with Gasteiger partial charge in [-0.1, -0.05) is 6.07 Å². The molecule has 1 aliphatic carbocycles. The lowest BCUT2D eigenvalue weighted by Crippen LogP contribution is -2.38. The van der Waals surface area contributed by atoms with E-state index in [2.05, 4.69) is 10.6 Å². The molecule has 1 aromatic heterocycles. The molecule has 2 N–H and O–H groups in total. The highest BCUT2D eigenvalue weighted by molar-refractivity contribution is 7.16. The number of hydrogen-bond donors (Lipinski definition) is 2. The molecule has 3 aliphatic rings. The summed E-state index contributed by atoms with van der Waals surface area (Å²) in [7, 11) is 0. The van der Waals surface area contributed by atoms with Gasteiger partial charge in [0.2, 0.25) is 6.79 Å². The lowest BCUT2D eigenvalue weighted by atomic mass is 9.94. The van der Waals surface area contributed by atoms with Crippen LogP contribution in [0.3, 0.4) is 0 Å². The number of carbonyl (C=O) groups excluding carboxylic acids is 1. The first-order valence-electron chi connectivity index (χ1n) is 7.91. The fraction of sp³-hybridized carbons (Fsp3) is 0.353. The maximum Gasteiger partial charge on any atom is 0.256 e. The van der Waals surface area contributed by atoms with Gasteiger partial charge in [0, 0.05) is 4.88 Å². The Kier molecular flexibility index (Phi) is 2.82. The van der Waals surface area contributed by atoms with Gasteiger partial charge in [-0.25, -0.2) is 0 Å². The summed E-state index contributed by atoms with van der Waals surface area (Å²) in [4.78, 5) is 14.0. The van der Waals surface area contributed by atoms with E-state index >= 15 is 0 Å². The minimum atomic E-state index is -0.232. The maximum absolute atomic E-state index is 12.6. The largest absolute Gasteiger partial charge is 0.454 e. The zero-order valence-electron chi connectivity index (χ0n) is 12.5. The SMILES string of the molecule is O=C1NC(c2ccc3c(c2)OCO3)Nc2sc3c(c21)CCCC3. The summed E-state index contributed by atoms with van der Waals surface area (Å²) < 4.78 is 10.8. The first-order chi connectivity index (χ1) is 11.3. The number of carbonyl (C=O) groups is 1. The zero-order chi connectivity index (χ0) is 15.4. The summed E-state index contributed by atoms with van der Waals surface area (Å²) >= 11 is 1.74. The molecule has 3 heterocycles. The van der Waals surface area contributed by atoms with E-state index in [1.807, 2.05) is 18.2 Å². The number of benzene rings is 1. The van der Waals surface area contributed by atoms with Gasteiger partial charge in [-0.3, -0.25) is 4.79 Å². The second kappa shape index (κ2) is 4.89. The van der Waals surface area contributed by atoms with Crippen molar-refractivity contribution in [3.63, 3.8) is 0 Å². The van der Waals surface area contributed by atoms with Crippen LogP contribution in [0.25, 0.3) is 0 Å². The van der Waals surface area contributed by atoms with Gasteiger partial charge >= 0.3 is 0 Å². The van der Waals surface area contributed by atoms with Crippen molar-refractivity contribution in [3.05, 3.63) is 39.8 Å². The second-order valence-corrected chi connectivity index (χ2v) is 7.18. The molecule has 1 aromatic carbocycles. The van der Waals surface area contributed by atoms with Crippen molar-refractivity contribution in [2.45, 2.75) is 31.8 Å². The third-order valence-corrected chi connectivity index (χ3v) is 5.90. The highest BCUT2D eigenvalue weighted by atomic mass is 32.1. The van der Waals surface area contributed by atoms with Crippen LogP contribution >= 0.6 is 11.3 Å². The predicted octanol–water partition coefficient (Wildman–Crippen LogP) is 3.21. The smallest absolute Gasteiger partial charge is 0.256 e. The van der Waals surface area contributed by atoms with Crippen LogP contribution in [-0.2, 0) is 12.8 Å². The summed E-state index contributed by atoms with van der Waals surface area (Å²) in [5, 5.41) is 7.56. The highest BCUT2D eigenvalue weighted by Crippen LogP contribution is 2.42. The van der Waals surface area contributed by atoms with Crippen LogP contribution in [0.15, 0.2) is 18.2 Å². The Labute approximate surface area is 137 Å². The van der Waals surface area contributed by atoms with Crippen LogP contribution in [0.4, 0.5) is 5.00 Å². The van der Waals surface area contributed by atoms with Crippen molar-refractivity contribution in [1.29, 1.82) is 0 Å². The minimum Gasteiger partial charge on any atom is -0.454 e. The first kappa shape index (κ1) is 13.2. The molecule has 23 heavy (non-hydrogen) atoms. The van der Waals surface area contributed by atoms with E-state index in [-0.39, 0.29) is 18.9 Å². The molecular weight excluding hydrogens is 312 g/mol. The van der Waals surface area contributed by atoms with Crippen molar-refractivity contribution < 1.29 is 14.3 Å². The van der Waals surface area contributed by atoms with Crippen LogP contribution < -0.4 is 20.1 Å². The van der Waals surface area contributed by atoms with Gasteiger partial charge in [0.05, 0.1) is 5.56 Å². The van der Waals surface area contributed by atoms with E-state index in [1.165, 1.54) is 23.3 Å². The number of aryl methyl sites for hydroxylation is 1.